The Bertz CT molecular complexity index is 1550. The van der Waals surface area contributed by atoms with Crippen LogP contribution in [0.5, 0.6) is 0 Å². The summed E-state index contributed by atoms with van der Waals surface area (Å²) >= 11 is 0. The Balaban J connectivity index is 0.000000319. The molecule has 4 aromatic rings. The van der Waals surface area contributed by atoms with Gasteiger partial charge in [-0.1, -0.05) is 12.1 Å². The lowest BCUT2D eigenvalue weighted by Gasteiger charge is -2.25. The number of hydrogen-bond acceptors (Lipinski definition) is 12. The number of nitrogens with zero attached hydrogens (tertiary/aromatic N) is 2. The summed E-state index contributed by atoms with van der Waals surface area (Å²) in [5.41, 5.74) is -1.28. The molecule has 0 atom stereocenters. The molecule has 0 fully saturated rings. The number of carbonyl (C=O) groups excluding carboxylic acids is 2. The molecule has 0 spiro atoms. The first kappa shape index (κ1) is 33.9. The number of hydrogen-bond donors (Lipinski definition) is 8. The Morgan fingerprint density at radius 2 is 0.857 bits per heavy atom. The van der Waals surface area contributed by atoms with Gasteiger partial charge in [0.15, 0.2) is 51.2 Å². The second-order valence-electron chi connectivity index (χ2n) is 9.83. The van der Waals surface area contributed by atoms with Crippen LogP contribution in [0, 0.1) is 0 Å². The minimum absolute atomic E-state index is 0.125. The third kappa shape index (κ3) is 7.52. The monoisotopic (exact) mass is 592 g/mol. The fourth-order valence-corrected chi connectivity index (χ4v) is 3.33. The van der Waals surface area contributed by atoms with Crippen LogP contribution in [-0.2, 0) is 0 Å². The number of rotatable bonds is 8. The highest BCUT2D eigenvalue weighted by molar-refractivity contribution is 6.15. The summed E-state index contributed by atoms with van der Waals surface area (Å²) in [6, 6.07) is 7.92. The van der Waals surface area contributed by atoms with Gasteiger partial charge in [-0.3, -0.25) is 18.6 Å². The number of quaternary nitrogens is 2. The maximum atomic E-state index is 12.2. The van der Waals surface area contributed by atoms with Crippen molar-refractivity contribution in [2.24, 2.45) is 0 Å². The zero-order chi connectivity index (χ0) is 31.8. The number of carbonyl (C=O) groups is 2. The molecule has 0 saturated carbocycles. The molecule has 0 aliphatic heterocycles. The lowest BCUT2D eigenvalue weighted by molar-refractivity contribution is -0.960. The zero-order valence-corrected chi connectivity index (χ0v) is 22.7. The number of aliphatic hydroxyl groups excluding tert-OH is 6. The molecule has 2 aromatic heterocycles. The average Bonchev–Trinajstić information content (AvgIpc) is 3.00. The molecule has 0 unspecified atom stereocenters. The van der Waals surface area contributed by atoms with E-state index in [9.17, 15) is 29.4 Å². The number of aliphatic hydroxyl groups is 6. The smallest absolute Gasteiger partial charge is 0.190 e. The van der Waals surface area contributed by atoms with Crippen molar-refractivity contribution in [2.45, 2.75) is 0 Å². The molecule has 0 bridgehead atoms. The highest BCUT2D eigenvalue weighted by Gasteiger charge is 2.16. The van der Waals surface area contributed by atoms with Crippen LogP contribution in [0.25, 0.3) is 32.6 Å². The molecule has 2 heterocycles. The number of carboxylic acids is 2. The number of H-pyrrole nitrogens is 2. The fraction of sp³-hybridized carbons (Fsp3) is 0.308. The standard InChI is InChI=1S/C18H10N2O6.2C4H12NO3/c21-13-5-12(18(25)26)20-16-8-2-4-10-14(22)6-11(17(23)24)19-15(10)7(8)1-3-9(13)16;2*1-5(2-6,3-7)4-8/h1-6H,(H,19,22)(H,20,21)(H,23,24)(H,25,26);2*6-8H,2-4H2,1H3/q;2*+1/p-2. The molecule has 0 aliphatic rings. The van der Waals surface area contributed by atoms with Gasteiger partial charge in [0.1, 0.15) is 0 Å². The van der Waals surface area contributed by atoms with Gasteiger partial charge in [-0.05, 0) is 12.1 Å². The fourth-order valence-electron chi connectivity index (χ4n) is 3.33. The zero-order valence-electron chi connectivity index (χ0n) is 22.7. The number of aromatic nitrogens is 2. The first-order valence-corrected chi connectivity index (χ1v) is 12.1. The maximum Gasteiger partial charge on any atom is 0.190 e. The molecule has 228 valence electrons. The molecule has 2 aromatic carbocycles. The van der Waals surface area contributed by atoms with Crippen LogP contribution in [0.2, 0.25) is 0 Å². The van der Waals surface area contributed by atoms with E-state index < -0.39 is 22.8 Å². The molecular weight excluding hydrogens is 560 g/mol. The first-order valence-electron chi connectivity index (χ1n) is 12.1. The molecule has 16 heteroatoms. The molecule has 42 heavy (non-hydrogen) atoms. The molecule has 16 nitrogen and oxygen atoms in total. The van der Waals surface area contributed by atoms with E-state index in [0.717, 1.165) is 12.1 Å². The minimum Gasteiger partial charge on any atom is -0.543 e. The van der Waals surface area contributed by atoms with E-state index in [-0.39, 0.29) is 82.5 Å². The summed E-state index contributed by atoms with van der Waals surface area (Å²) in [4.78, 5) is 51.8. The van der Waals surface area contributed by atoms with Crippen molar-refractivity contribution in [1.29, 1.82) is 0 Å². The molecular formula is C26H32N4O12. The number of aromatic amines is 2. The van der Waals surface area contributed by atoms with Gasteiger partial charge in [-0.15, -0.1) is 0 Å². The van der Waals surface area contributed by atoms with Crippen molar-refractivity contribution in [3.8, 4) is 0 Å². The summed E-state index contributed by atoms with van der Waals surface area (Å²) in [5, 5.41) is 74.2. The molecule has 0 aliphatic carbocycles. The largest absolute Gasteiger partial charge is 0.543 e. The summed E-state index contributed by atoms with van der Waals surface area (Å²) in [6.45, 7) is -1.46. The Kier molecular flexibility index (Phi) is 11.4. The predicted molar refractivity (Wildman–Crippen MR) is 144 cm³/mol. The van der Waals surface area contributed by atoms with E-state index in [0.29, 0.717) is 10.8 Å². The van der Waals surface area contributed by atoms with Crippen LogP contribution in [0.1, 0.15) is 21.0 Å². The Morgan fingerprint density at radius 1 is 0.595 bits per heavy atom. The van der Waals surface area contributed by atoms with E-state index in [2.05, 4.69) is 9.97 Å². The van der Waals surface area contributed by atoms with Crippen LogP contribution >= 0.6 is 0 Å². The van der Waals surface area contributed by atoms with E-state index in [1.165, 1.54) is 12.1 Å². The third-order valence-corrected chi connectivity index (χ3v) is 6.29. The van der Waals surface area contributed by atoms with E-state index in [1.807, 2.05) is 0 Å². The topological polar surface area (TPSA) is 267 Å². The molecule has 0 radical (unpaired) electrons. The van der Waals surface area contributed by atoms with Crippen molar-refractivity contribution in [3.05, 3.63) is 68.2 Å². The van der Waals surface area contributed by atoms with E-state index in [4.69, 9.17) is 30.6 Å². The minimum atomic E-state index is -1.53. The number of aromatic carboxylic acids is 2. The Labute approximate surface area is 237 Å². The predicted octanol–water partition coefficient (Wildman–Crippen LogP) is -4.19. The van der Waals surface area contributed by atoms with Crippen molar-refractivity contribution in [3.63, 3.8) is 0 Å². The number of nitrogens with one attached hydrogen (secondary N) is 2. The van der Waals surface area contributed by atoms with Gasteiger partial charge in [-0.2, -0.15) is 0 Å². The molecule has 0 saturated heterocycles. The second-order valence-corrected chi connectivity index (χ2v) is 9.83. The van der Waals surface area contributed by atoms with Gasteiger partial charge in [0, 0.05) is 33.7 Å². The quantitative estimate of drug-likeness (QED) is 0.0550. The summed E-state index contributed by atoms with van der Waals surface area (Å²) in [7, 11) is 3.08. The van der Waals surface area contributed by atoms with Gasteiger partial charge >= 0.3 is 0 Å². The molecule has 8 N–H and O–H groups in total. The number of pyridine rings is 2. The highest BCUT2D eigenvalue weighted by Crippen LogP contribution is 2.27. The normalized spacial score (nSPS) is 11.5. The second kappa shape index (κ2) is 14.1. The lowest BCUT2D eigenvalue weighted by atomic mass is 10.0. The number of fused-ring (bicyclic) bond motifs is 5. The number of carboxylic acid groups (broad SMARTS) is 2. The maximum absolute atomic E-state index is 12.2. The van der Waals surface area contributed by atoms with Crippen molar-refractivity contribution in [1.82, 2.24) is 9.97 Å². The van der Waals surface area contributed by atoms with Crippen LogP contribution in [0.15, 0.2) is 46.0 Å². The summed E-state index contributed by atoms with van der Waals surface area (Å²) in [6.07, 6.45) is 0. The van der Waals surface area contributed by atoms with Crippen molar-refractivity contribution in [2.75, 3.05) is 54.5 Å². The average molecular weight is 593 g/mol. The summed E-state index contributed by atoms with van der Waals surface area (Å²) < 4.78 is -0.250. The van der Waals surface area contributed by atoms with Gasteiger partial charge in [0.05, 0.1) is 48.5 Å². The Hall–Kier alpha value is -4.26. The van der Waals surface area contributed by atoms with Crippen LogP contribution in [0.4, 0.5) is 0 Å². The van der Waals surface area contributed by atoms with Crippen molar-refractivity contribution < 1.29 is 59.4 Å². The SMILES string of the molecule is C[N+](CO)(CO)CO.C[N+](CO)(CO)CO.O=C([O-])c1cc(=O)c2ccc3c(ccc4c(=O)cc(C(=O)[O-])[nH]c43)c2[nH]1. The van der Waals surface area contributed by atoms with Crippen LogP contribution < -0.4 is 21.1 Å². The highest BCUT2D eigenvalue weighted by atomic mass is 16.4. The third-order valence-electron chi connectivity index (χ3n) is 6.29. The molecule has 0 amide bonds. The number of benzene rings is 2. The van der Waals surface area contributed by atoms with E-state index >= 15 is 0 Å². The van der Waals surface area contributed by atoms with Crippen LogP contribution in [0.3, 0.4) is 0 Å². The molecule has 4 rings (SSSR count). The van der Waals surface area contributed by atoms with Gasteiger partial charge in [0.2, 0.25) is 0 Å². The van der Waals surface area contributed by atoms with Gasteiger partial charge in [0.25, 0.3) is 0 Å². The van der Waals surface area contributed by atoms with Crippen molar-refractivity contribution >= 4 is 44.5 Å². The Morgan fingerprint density at radius 3 is 1.07 bits per heavy atom. The van der Waals surface area contributed by atoms with Gasteiger partial charge in [-0.25, -0.2) is 0 Å². The first-order chi connectivity index (χ1) is 19.7. The lowest BCUT2D eigenvalue weighted by Crippen LogP contribution is -2.46. The van der Waals surface area contributed by atoms with Crippen LogP contribution in [-0.4, -0.2) is 116 Å². The summed E-state index contributed by atoms with van der Waals surface area (Å²) in [5.74, 6) is -3.07. The van der Waals surface area contributed by atoms with E-state index in [1.54, 1.807) is 26.2 Å². The van der Waals surface area contributed by atoms with Gasteiger partial charge < -0.3 is 60.4 Å².